The highest BCUT2D eigenvalue weighted by atomic mass is 16.1. The van der Waals surface area contributed by atoms with Gasteiger partial charge in [-0.15, -0.1) is 0 Å². The third-order valence-corrected chi connectivity index (χ3v) is 2.90. The van der Waals surface area contributed by atoms with Crippen molar-refractivity contribution >= 4 is 12.1 Å². The zero-order chi connectivity index (χ0) is 13.8. The van der Waals surface area contributed by atoms with Crippen molar-refractivity contribution in [2.24, 2.45) is 0 Å². The van der Waals surface area contributed by atoms with Crippen LogP contribution in [0.3, 0.4) is 0 Å². The van der Waals surface area contributed by atoms with Gasteiger partial charge in [0.25, 0.3) is 0 Å². The molecule has 0 saturated carbocycles. The molecule has 19 heavy (non-hydrogen) atoms. The summed E-state index contributed by atoms with van der Waals surface area (Å²) in [4.78, 5) is 30.6. The number of hydrogen-bond acceptors (Lipinski definition) is 4. The molecule has 1 aromatic carbocycles. The van der Waals surface area contributed by atoms with Crippen molar-refractivity contribution in [1.82, 2.24) is 9.97 Å². The molecule has 0 radical (unpaired) electrons. The summed E-state index contributed by atoms with van der Waals surface area (Å²) in [6.45, 7) is 3.50. The van der Waals surface area contributed by atoms with E-state index in [4.69, 9.17) is 0 Å². The lowest BCUT2D eigenvalue weighted by Gasteiger charge is -2.13. The van der Waals surface area contributed by atoms with Gasteiger partial charge in [0.2, 0.25) is 0 Å². The molecule has 4 heteroatoms. The molecule has 0 aliphatic carbocycles. The Morgan fingerprint density at radius 2 is 1.74 bits per heavy atom. The minimum atomic E-state index is -0.485. The van der Waals surface area contributed by atoms with Crippen LogP contribution in [0.15, 0.2) is 36.7 Å². The SMILES string of the molecule is CC(=O)C(c1ccc(C)cc1)c1ncc(C=O)cn1. The van der Waals surface area contributed by atoms with Gasteiger partial charge in [-0.2, -0.15) is 0 Å². The predicted molar refractivity (Wildman–Crippen MR) is 71.1 cm³/mol. The summed E-state index contributed by atoms with van der Waals surface area (Å²) in [5, 5.41) is 0. The average molecular weight is 254 g/mol. The van der Waals surface area contributed by atoms with Crippen molar-refractivity contribution < 1.29 is 9.59 Å². The van der Waals surface area contributed by atoms with Gasteiger partial charge in [0.15, 0.2) is 6.29 Å². The maximum absolute atomic E-state index is 11.8. The van der Waals surface area contributed by atoms with Crippen LogP contribution in [-0.4, -0.2) is 22.0 Å². The standard InChI is InChI=1S/C15H14N2O2/c1-10-3-5-13(6-4-10)14(11(2)19)15-16-7-12(9-18)8-17-15/h3-9,14H,1-2H3. The highest BCUT2D eigenvalue weighted by Gasteiger charge is 2.21. The van der Waals surface area contributed by atoms with Crippen LogP contribution in [0.1, 0.15) is 40.2 Å². The van der Waals surface area contributed by atoms with E-state index in [0.29, 0.717) is 17.7 Å². The molecule has 0 bridgehead atoms. The molecule has 0 fully saturated rings. The van der Waals surface area contributed by atoms with Gasteiger partial charge in [0, 0.05) is 12.4 Å². The van der Waals surface area contributed by atoms with Crippen molar-refractivity contribution in [2.75, 3.05) is 0 Å². The molecule has 1 heterocycles. The van der Waals surface area contributed by atoms with Crippen LogP contribution in [0.4, 0.5) is 0 Å². The summed E-state index contributed by atoms with van der Waals surface area (Å²) in [5.74, 6) is -0.0917. The van der Waals surface area contributed by atoms with Crippen molar-refractivity contribution in [3.05, 3.63) is 59.2 Å². The largest absolute Gasteiger partial charge is 0.299 e. The van der Waals surface area contributed by atoms with Gasteiger partial charge in [0.05, 0.1) is 5.56 Å². The molecular formula is C15H14N2O2. The summed E-state index contributed by atoms with van der Waals surface area (Å²) in [5.41, 5.74) is 2.38. The van der Waals surface area contributed by atoms with E-state index in [9.17, 15) is 9.59 Å². The van der Waals surface area contributed by atoms with Crippen molar-refractivity contribution in [3.63, 3.8) is 0 Å². The number of carbonyl (C=O) groups excluding carboxylic acids is 2. The smallest absolute Gasteiger partial charge is 0.153 e. The number of aromatic nitrogens is 2. The van der Waals surface area contributed by atoms with Crippen LogP contribution < -0.4 is 0 Å². The molecule has 4 nitrogen and oxygen atoms in total. The highest BCUT2D eigenvalue weighted by molar-refractivity contribution is 5.86. The number of rotatable bonds is 4. The van der Waals surface area contributed by atoms with Gasteiger partial charge in [-0.05, 0) is 19.4 Å². The normalized spacial score (nSPS) is 11.9. The fourth-order valence-electron chi connectivity index (χ4n) is 1.88. The Morgan fingerprint density at radius 3 is 2.21 bits per heavy atom. The maximum Gasteiger partial charge on any atom is 0.153 e. The van der Waals surface area contributed by atoms with Gasteiger partial charge < -0.3 is 0 Å². The van der Waals surface area contributed by atoms with Crippen LogP contribution in [0, 0.1) is 6.92 Å². The van der Waals surface area contributed by atoms with Crippen LogP contribution in [0.2, 0.25) is 0 Å². The van der Waals surface area contributed by atoms with Crippen molar-refractivity contribution in [3.8, 4) is 0 Å². The first kappa shape index (κ1) is 13.1. The second-order valence-electron chi connectivity index (χ2n) is 4.45. The van der Waals surface area contributed by atoms with Gasteiger partial charge in [0.1, 0.15) is 17.5 Å². The van der Waals surface area contributed by atoms with Gasteiger partial charge in [-0.3, -0.25) is 9.59 Å². The van der Waals surface area contributed by atoms with Crippen LogP contribution in [0.25, 0.3) is 0 Å². The molecule has 0 amide bonds. The third-order valence-electron chi connectivity index (χ3n) is 2.90. The average Bonchev–Trinajstić information content (AvgIpc) is 2.42. The van der Waals surface area contributed by atoms with Gasteiger partial charge in [-0.25, -0.2) is 9.97 Å². The van der Waals surface area contributed by atoms with Crippen LogP contribution >= 0.6 is 0 Å². The van der Waals surface area contributed by atoms with Gasteiger partial charge in [-0.1, -0.05) is 29.8 Å². The van der Waals surface area contributed by atoms with E-state index in [1.807, 2.05) is 31.2 Å². The lowest BCUT2D eigenvalue weighted by atomic mass is 9.94. The molecule has 2 aromatic rings. The Labute approximate surface area is 111 Å². The summed E-state index contributed by atoms with van der Waals surface area (Å²) < 4.78 is 0. The monoisotopic (exact) mass is 254 g/mol. The fraction of sp³-hybridized carbons (Fsp3) is 0.200. The number of Topliss-reactive ketones (excluding diaryl/α,β-unsaturated/α-hetero) is 1. The molecule has 1 atom stereocenters. The first-order valence-electron chi connectivity index (χ1n) is 5.96. The molecule has 0 saturated heterocycles. The quantitative estimate of drug-likeness (QED) is 0.785. The Hall–Kier alpha value is -2.36. The van der Waals surface area contributed by atoms with Gasteiger partial charge >= 0.3 is 0 Å². The molecule has 0 aliphatic rings. The first-order valence-corrected chi connectivity index (χ1v) is 5.96. The number of carbonyl (C=O) groups is 2. The van der Waals surface area contributed by atoms with E-state index >= 15 is 0 Å². The maximum atomic E-state index is 11.8. The second-order valence-corrected chi connectivity index (χ2v) is 4.45. The van der Waals surface area contributed by atoms with E-state index in [0.717, 1.165) is 11.1 Å². The molecule has 0 spiro atoms. The summed E-state index contributed by atoms with van der Waals surface area (Å²) >= 11 is 0. The van der Waals surface area contributed by atoms with E-state index in [1.54, 1.807) is 0 Å². The minimum absolute atomic E-state index is 0.0253. The molecule has 1 aromatic heterocycles. The van der Waals surface area contributed by atoms with E-state index in [1.165, 1.54) is 19.3 Å². The molecule has 96 valence electrons. The molecule has 2 rings (SSSR count). The van der Waals surface area contributed by atoms with E-state index < -0.39 is 5.92 Å². The molecule has 0 N–H and O–H groups in total. The Balaban J connectivity index is 2.41. The lowest BCUT2D eigenvalue weighted by molar-refractivity contribution is -0.117. The highest BCUT2D eigenvalue weighted by Crippen LogP contribution is 2.23. The van der Waals surface area contributed by atoms with E-state index in [-0.39, 0.29) is 5.78 Å². The zero-order valence-electron chi connectivity index (χ0n) is 10.8. The summed E-state index contributed by atoms with van der Waals surface area (Å²) in [6.07, 6.45) is 3.54. The Kier molecular flexibility index (Phi) is 3.80. The van der Waals surface area contributed by atoms with Crippen molar-refractivity contribution in [1.29, 1.82) is 0 Å². The van der Waals surface area contributed by atoms with Crippen LogP contribution in [0.5, 0.6) is 0 Å². The molecule has 0 aliphatic heterocycles. The lowest BCUT2D eigenvalue weighted by Crippen LogP contribution is -2.14. The third kappa shape index (κ3) is 2.91. The number of aryl methyl sites for hydroxylation is 1. The fourth-order valence-corrected chi connectivity index (χ4v) is 1.88. The molecule has 1 unspecified atom stereocenters. The second kappa shape index (κ2) is 5.52. The molecular weight excluding hydrogens is 240 g/mol. The topological polar surface area (TPSA) is 59.9 Å². The number of aldehydes is 1. The van der Waals surface area contributed by atoms with Crippen molar-refractivity contribution in [2.45, 2.75) is 19.8 Å². The van der Waals surface area contributed by atoms with Crippen LogP contribution in [-0.2, 0) is 4.79 Å². The summed E-state index contributed by atoms with van der Waals surface area (Å²) in [7, 11) is 0. The first-order chi connectivity index (χ1) is 9.11. The zero-order valence-corrected chi connectivity index (χ0v) is 10.8. The number of ketones is 1. The Morgan fingerprint density at radius 1 is 1.16 bits per heavy atom. The predicted octanol–water partition coefficient (Wildman–Crippen LogP) is 2.32. The minimum Gasteiger partial charge on any atom is -0.299 e. The summed E-state index contributed by atoms with van der Waals surface area (Å²) in [6, 6.07) is 7.70. The Bertz CT molecular complexity index is 589. The number of nitrogens with zero attached hydrogens (tertiary/aromatic N) is 2. The number of hydrogen-bond donors (Lipinski definition) is 0. The van der Waals surface area contributed by atoms with E-state index in [2.05, 4.69) is 9.97 Å². The number of benzene rings is 1.